The monoisotopic (exact) mass is 311 g/mol. The topological polar surface area (TPSA) is 49.3 Å². The highest BCUT2D eigenvalue weighted by molar-refractivity contribution is 9.10. The first-order valence-electron chi connectivity index (χ1n) is 6.29. The number of benzene rings is 1. The Labute approximate surface area is 116 Å². The zero-order chi connectivity index (χ0) is 13.2. The summed E-state index contributed by atoms with van der Waals surface area (Å²) in [6.45, 7) is 4.07. The molecule has 0 amide bonds. The van der Waals surface area contributed by atoms with E-state index in [1.807, 2.05) is 6.07 Å². The lowest BCUT2D eigenvalue weighted by molar-refractivity contribution is 0.0697. The molecule has 1 aliphatic carbocycles. The number of nitrogens with one attached hydrogen (secondary N) is 1. The molecule has 18 heavy (non-hydrogen) atoms. The lowest BCUT2D eigenvalue weighted by Crippen LogP contribution is -2.23. The number of hydrogen-bond acceptors (Lipinski definition) is 2. The van der Waals surface area contributed by atoms with Crippen molar-refractivity contribution in [3.05, 3.63) is 33.8 Å². The molecule has 1 fully saturated rings. The molecule has 0 atom stereocenters. The van der Waals surface area contributed by atoms with Gasteiger partial charge in [0.05, 0.1) is 5.56 Å². The van der Waals surface area contributed by atoms with Crippen molar-refractivity contribution in [2.24, 2.45) is 5.41 Å². The predicted molar refractivity (Wildman–Crippen MR) is 74.8 cm³/mol. The fraction of sp³-hybridized carbons (Fsp3) is 0.500. The largest absolute Gasteiger partial charge is 0.478 e. The van der Waals surface area contributed by atoms with Crippen LogP contribution < -0.4 is 5.32 Å². The Balaban J connectivity index is 1.91. The summed E-state index contributed by atoms with van der Waals surface area (Å²) in [6.07, 6.45) is 3.89. The number of halogens is 1. The van der Waals surface area contributed by atoms with E-state index in [4.69, 9.17) is 5.11 Å². The summed E-state index contributed by atoms with van der Waals surface area (Å²) in [5.74, 6) is -0.891. The predicted octanol–water partition coefficient (Wildman–Crippen LogP) is 3.43. The Morgan fingerprint density at radius 3 is 2.72 bits per heavy atom. The average molecular weight is 312 g/mol. The Morgan fingerprint density at radius 1 is 1.50 bits per heavy atom. The molecule has 0 heterocycles. The van der Waals surface area contributed by atoms with Gasteiger partial charge in [-0.15, -0.1) is 0 Å². The third-order valence-electron chi connectivity index (χ3n) is 3.82. The molecule has 1 aromatic rings. The fourth-order valence-electron chi connectivity index (χ4n) is 2.12. The van der Waals surface area contributed by atoms with Crippen LogP contribution in [0.25, 0.3) is 0 Å². The van der Waals surface area contributed by atoms with Crippen molar-refractivity contribution in [3.63, 3.8) is 0 Å². The lowest BCUT2D eigenvalue weighted by Gasteiger charge is -2.14. The molecular weight excluding hydrogens is 294 g/mol. The number of carboxylic acid groups (broad SMARTS) is 1. The summed E-state index contributed by atoms with van der Waals surface area (Å²) < 4.78 is 0.858. The highest BCUT2D eigenvalue weighted by Crippen LogP contribution is 2.47. The highest BCUT2D eigenvalue weighted by atomic mass is 79.9. The quantitative estimate of drug-likeness (QED) is 0.846. The molecule has 1 saturated carbocycles. The maximum atomic E-state index is 10.8. The molecule has 0 radical (unpaired) electrons. The van der Waals surface area contributed by atoms with Crippen molar-refractivity contribution in [3.8, 4) is 0 Å². The maximum Gasteiger partial charge on any atom is 0.335 e. The second-order valence-corrected chi connectivity index (χ2v) is 5.92. The van der Waals surface area contributed by atoms with E-state index in [2.05, 4.69) is 28.2 Å². The molecule has 0 aromatic heterocycles. The van der Waals surface area contributed by atoms with Crippen molar-refractivity contribution in [2.45, 2.75) is 32.7 Å². The summed E-state index contributed by atoms with van der Waals surface area (Å²) in [6, 6.07) is 5.18. The third-order valence-corrected chi connectivity index (χ3v) is 4.56. The standard InChI is InChI=1S/C14H18BrNO2/c1-2-14(5-6-14)9-16-8-11-4-3-10(13(17)18)7-12(11)15/h3-4,7,16H,2,5-6,8-9H2,1H3,(H,17,18). The van der Waals surface area contributed by atoms with E-state index in [1.165, 1.54) is 19.3 Å². The first-order chi connectivity index (χ1) is 8.56. The molecule has 0 unspecified atom stereocenters. The molecule has 4 heteroatoms. The molecule has 0 aliphatic heterocycles. The van der Waals surface area contributed by atoms with Gasteiger partial charge in [0, 0.05) is 17.6 Å². The van der Waals surface area contributed by atoms with Crippen LogP contribution in [0.4, 0.5) is 0 Å². The van der Waals surface area contributed by atoms with Gasteiger partial charge in [0.1, 0.15) is 0 Å². The summed E-state index contributed by atoms with van der Waals surface area (Å²) >= 11 is 3.43. The van der Waals surface area contributed by atoms with Gasteiger partial charge < -0.3 is 10.4 Å². The van der Waals surface area contributed by atoms with E-state index < -0.39 is 5.97 Å². The molecule has 2 N–H and O–H groups in total. The van der Waals surface area contributed by atoms with Crippen molar-refractivity contribution in [2.75, 3.05) is 6.54 Å². The zero-order valence-electron chi connectivity index (χ0n) is 10.5. The van der Waals surface area contributed by atoms with Gasteiger partial charge in [-0.1, -0.05) is 28.9 Å². The van der Waals surface area contributed by atoms with Crippen molar-refractivity contribution < 1.29 is 9.90 Å². The van der Waals surface area contributed by atoms with Gasteiger partial charge in [-0.05, 0) is 42.4 Å². The lowest BCUT2D eigenvalue weighted by atomic mass is 10.0. The normalized spacial score (nSPS) is 16.6. The van der Waals surface area contributed by atoms with Crippen LogP contribution in [0.1, 0.15) is 42.1 Å². The van der Waals surface area contributed by atoms with E-state index in [1.54, 1.807) is 12.1 Å². The van der Waals surface area contributed by atoms with Gasteiger partial charge in [-0.25, -0.2) is 4.79 Å². The Hall–Kier alpha value is -0.870. The number of carbonyl (C=O) groups is 1. The van der Waals surface area contributed by atoms with Gasteiger partial charge in [0.15, 0.2) is 0 Å². The van der Waals surface area contributed by atoms with Gasteiger partial charge in [0.2, 0.25) is 0 Å². The van der Waals surface area contributed by atoms with E-state index >= 15 is 0 Å². The zero-order valence-corrected chi connectivity index (χ0v) is 12.1. The van der Waals surface area contributed by atoms with Crippen LogP contribution in [0.15, 0.2) is 22.7 Å². The number of aromatic carboxylic acids is 1. The maximum absolute atomic E-state index is 10.8. The summed E-state index contributed by atoms with van der Waals surface area (Å²) in [5, 5.41) is 12.4. The minimum atomic E-state index is -0.891. The molecule has 0 bridgehead atoms. The van der Waals surface area contributed by atoms with Crippen LogP contribution in [0, 0.1) is 5.41 Å². The van der Waals surface area contributed by atoms with Crippen LogP contribution in [0.3, 0.4) is 0 Å². The SMILES string of the molecule is CCC1(CNCc2ccc(C(=O)O)cc2Br)CC1. The highest BCUT2D eigenvalue weighted by Gasteiger charge is 2.39. The van der Waals surface area contributed by atoms with Crippen molar-refractivity contribution >= 4 is 21.9 Å². The third kappa shape index (κ3) is 3.12. The van der Waals surface area contributed by atoms with Crippen LogP contribution >= 0.6 is 15.9 Å². The summed E-state index contributed by atoms with van der Waals surface area (Å²) in [5.41, 5.74) is 1.96. The van der Waals surface area contributed by atoms with Gasteiger partial charge in [-0.3, -0.25) is 0 Å². The minimum absolute atomic E-state index is 0.317. The summed E-state index contributed by atoms with van der Waals surface area (Å²) in [7, 11) is 0. The molecule has 0 spiro atoms. The fourth-order valence-corrected chi connectivity index (χ4v) is 2.64. The van der Waals surface area contributed by atoms with Crippen molar-refractivity contribution in [1.82, 2.24) is 5.32 Å². The molecule has 98 valence electrons. The van der Waals surface area contributed by atoms with Crippen LogP contribution in [0.5, 0.6) is 0 Å². The Bertz CT molecular complexity index is 455. The van der Waals surface area contributed by atoms with Gasteiger partial charge >= 0.3 is 5.97 Å². The van der Waals surface area contributed by atoms with Gasteiger partial charge in [-0.2, -0.15) is 0 Å². The van der Waals surface area contributed by atoms with Gasteiger partial charge in [0.25, 0.3) is 0 Å². The Kier molecular flexibility index (Phi) is 4.07. The second kappa shape index (κ2) is 5.41. The first-order valence-corrected chi connectivity index (χ1v) is 7.08. The van der Waals surface area contributed by atoms with E-state index in [-0.39, 0.29) is 0 Å². The van der Waals surface area contributed by atoms with Crippen molar-refractivity contribution in [1.29, 1.82) is 0 Å². The molecule has 0 saturated heterocycles. The number of carboxylic acids is 1. The van der Waals surface area contributed by atoms with E-state index in [0.717, 1.165) is 23.1 Å². The molecule has 3 nitrogen and oxygen atoms in total. The smallest absolute Gasteiger partial charge is 0.335 e. The molecular formula is C14H18BrNO2. The van der Waals surface area contributed by atoms with Crippen LogP contribution in [0.2, 0.25) is 0 Å². The Morgan fingerprint density at radius 2 is 2.22 bits per heavy atom. The molecule has 2 rings (SSSR count). The molecule has 1 aliphatic rings. The van der Waals surface area contributed by atoms with Crippen LogP contribution in [-0.2, 0) is 6.54 Å². The first kappa shape index (κ1) is 13.6. The van der Waals surface area contributed by atoms with E-state index in [9.17, 15) is 4.79 Å². The second-order valence-electron chi connectivity index (χ2n) is 5.07. The minimum Gasteiger partial charge on any atom is -0.478 e. The van der Waals surface area contributed by atoms with E-state index in [0.29, 0.717) is 11.0 Å². The number of rotatable bonds is 6. The average Bonchev–Trinajstić information content (AvgIpc) is 3.11. The summed E-state index contributed by atoms with van der Waals surface area (Å²) in [4.78, 5) is 10.8. The molecule has 1 aromatic carbocycles. The van der Waals surface area contributed by atoms with Crippen LogP contribution in [-0.4, -0.2) is 17.6 Å². The number of hydrogen-bond donors (Lipinski definition) is 2.